The largest absolute Gasteiger partial charge is 0.497 e. The lowest BCUT2D eigenvalue weighted by atomic mass is 9.87. The lowest BCUT2D eigenvalue weighted by Crippen LogP contribution is -2.14. The summed E-state index contributed by atoms with van der Waals surface area (Å²) in [6.07, 6.45) is 0.678. The first-order valence-electron chi connectivity index (χ1n) is 8.14. The van der Waals surface area contributed by atoms with Gasteiger partial charge in [0.1, 0.15) is 11.5 Å². The lowest BCUT2D eigenvalue weighted by molar-refractivity contribution is -0.138. The summed E-state index contributed by atoms with van der Waals surface area (Å²) in [6, 6.07) is 8.73. The van der Waals surface area contributed by atoms with E-state index in [9.17, 15) is 14.7 Å². The van der Waals surface area contributed by atoms with Crippen LogP contribution in [0.3, 0.4) is 0 Å². The van der Waals surface area contributed by atoms with E-state index in [2.05, 4.69) is 0 Å². The molecule has 130 valence electrons. The predicted molar refractivity (Wildman–Crippen MR) is 92.9 cm³/mol. The van der Waals surface area contributed by atoms with E-state index >= 15 is 0 Å². The smallest absolute Gasteiger partial charge is 0.310 e. The minimum atomic E-state index is -0.912. The van der Waals surface area contributed by atoms with Crippen LogP contribution in [-0.4, -0.2) is 30.6 Å². The number of rotatable bonds is 5. The first-order valence-corrected chi connectivity index (χ1v) is 8.14. The number of methoxy groups -OCH3 is 1. The van der Waals surface area contributed by atoms with Crippen molar-refractivity contribution in [2.45, 2.75) is 26.2 Å². The highest BCUT2D eigenvalue weighted by molar-refractivity contribution is 6.12. The van der Waals surface area contributed by atoms with Crippen LogP contribution in [0, 0.1) is 6.92 Å². The summed E-state index contributed by atoms with van der Waals surface area (Å²) in [4.78, 5) is 24.5. The van der Waals surface area contributed by atoms with Crippen LogP contribution in [0.1, 0.15) is 45.5 Å². The van der Waals surface area contributed by atoms with Crippen molar-refractivity contribution in [2.24, 2.45) is 0 Å². The van der Waals surface area contributed by atoms with Crippen LogP contribution in [0.15, 0.2) is 30.3 Å². The van der Waals surface area contributed by atoms with Gasteiger partial charge in [-0.2, -0.15) is 0 Å². The van der Waals surface area contributed by atoms with Crippen molar-refractivity contribution >= 4 is 11.8 Å². The molecule has 0 aliphatic carbocycles. The van der Waals surface area contributed by atoms with Gasteiger partial charge in [0.25, 0.3) is 0 Å². The minimum Gasteiger partial charge on any atom is -0.497 e. The number of hydrogen-bond acceptors (Lipinski definition) is 4. The van der Waals surface area contributed by atoms with Gasteiger partial charge in [-0.3, -0.25) is 9.59 Å². The molecule has 25 heavy (non-hydrogen) atoms. The molecule has 1 aliphatic rings. The van der Waals surface area contributed by atoms with Gasteiger partial charge >= 0.3 is 5.97 Å². The monoisotopic (exact) mass is 340 g/mol. The molecule has 1 heterocycles. The second kappa shape index (κ2) is 6.59. The summed E-state index contributed by atoms with van der Waals surface area (Å²) in [5.74, 6) is -0.515. The molecule has 2 aromatic rings. The lowest BCUT2D eigenvalue weighted by Gasteiger charge is -2.17. The van der Waals surface area contributed by atoms with E-state index in [1.807, 2.05) is 6.07 Å². The number of aliphatic carboxylic acids is 1. The zero-order valence-electron chi connectivity index (χ0n) is 14.5. The molecule has 5 heteroatoms. The fourth-order valence-electron chi connectivity index (χ4n) is 3.19. The molecule has 2 aromatic carbocycles. The Balaban J connectivity index is 2.13. The van der Waals surface area contributed by atoms with Crippen molar-refractivity contribution in [1.82, 2.24) is 0 Å². The minimum absolute atomic E-state index is 0.169. The number of carbonyl (C=O) groups is 2. The Labute approximate surface area is 146 Å². The molecule has 0 saturated heterocycles. The maximum Gasteiger partial charge on any atom is 0.310 e. The fourth-order valence-corrected chi connectivity index (χ4v) is 3.19. The van der Waals surface area contributed by atoms with Crippen LogP contribution in [0.25, 0.3) is 0 Å². The van der Waals surface area contributed by atoms with Gasteiger partial charge in [-0.1, -0.05) is 6.07 Å². The summed E-state index contributed by atoms with van der Waals surface area (Å²) in [5, 5.41) is 9.38. The van der Waals surface area contributed by atoms with Gasteiger partial charge in [-0.15, -0.1) is 0 Å². The summed E-state index contributed by atoms with van der Waals surface area (Å²) in [7, 11) is 1.57. The Morgan fingerprint density at radius 2 is 1.92 bits per heavy atom. The molecule has 0 bridgehead atoms. The number of hydrogen-bond donors (Lipinski definition) is 1. The molecule has 1 atom stereocenters. The molecule has 0 aromatic heterocycles. The highest BCUT2D eigenvalue weighted by Crippen LogP contribution is 2.38. The third kappa shape index (κ3) is 2.97. The van der Waals surface area contributed by atoms with E-state index in [1.54, 1.807) is 45.2 Å². The molecule has 1 N–H and O–H groups in total. The van der Waals surface area contributed by atoms with Gasteiger partial charge < -0.3 is 14.6 Å². The molecule has 1 unspecified atom stereocenters. The molecular formula is C20H20O5. The Morgan fingerprint density at radius 1 is 1.24 bits per heavy atom. The summed E-state index contributed by atoms with van der Waals surface area (Å²) < 4.78 is 10.8. The SMILES string of the molecule is COc1ccc(C(=O)c2c(C)c(C(C)C(=O)O)cc3c2OCC3)cc1. The Bertz CT molecular complexity index is 836. The first kappa shape index (κ1) is 17.0. The number of benzene rings is 2. The van der Waals surface area contributed by atoms with E-state index in [1.165, 1.54) is 0 Å². The number of fused-ring (bicyclic) bond motifs is 1. The second-order valence-corrected chi connectivity index (χ2v) is 6.17. The topological polar surface area (TPSA) is 72.8 Å². The highest BCUT2D eigenvalue weighted by atomic mass is 16.5. The van der Waals surface area contributed by atoms with Crippen LogP contribution in [0.4, 0.5) is 0 Å². The van der Waals surface area contributed by atoms with Gasteiger partial charge in [-0.05, 0) is 54.8 Å². The maximum absolute atomic E-state index is 13.1. The average molecular weight is 340 g/mol. The molecule has 5 nitrogen and oxygen atoms in total. The van der Waals surface area contributed by atoms with E-state index < -0.39 is 11.9 Å². The zero-order valence-corrected chi connectivity index (χ0v) is 14.5. The molecule has 0 spiro atoms. The van der Waals surface area contributed by atoms with E-state index in [0.29, 0.717) is 46.8 Å². The maximum atomic E-state index is 13.1. The van der Waals surface area contributed by atoms with Crippen LogP contribution >= 0.6 is 0 Å². The Morgan fingerprint density at radius 3 is 2.52 bits per heavy atom. The summed E-state index contributed by atoms with van der Waals surface area (Å²) in [6.45, 7) is 3.92. The number of ketones is 1. The third-order valence-corrected chi connectivity index (χ3v) is 4.69. The highest BCUT2D eigenvalue weighted by Gasteiger charge is 2.29. The van der Waals surface area contributed by atoms with Crippen LogP contribution in [0.2, 0.25) is 0 Å². The van der Waals surface area contributed by atoms with Gasteiger partial charge in [0.05, 0.1) is 25.2 Å². The van der Waals surface area contributed by atoms with E-state index in [-0.39, 0.29) is 5.78 Å². The average Bonchev–Trinajstić information content (AvgIpc) is 3.08. The van der Waals surface area contributed by atoms with Crippen LogP contribution in [0.5, 0.6) is 11.5 Å². The fraction of sp³-hybridized carbons (Fsp3) is 0.300. The van der Waals surface area contributed by atoms with Crippen molar-refractivity contribution in [1.29, 1.82) is 0 Å². The first-order chi connectivity index (χ1) is 11.9. The number of ether oxygens (including phenoxy) is 2. The zero-order chi connectivity index (χ0) is 18.1. The van der Waals surface area contributed by atoms with Crippen molar-refractivity contribution in [3.8, 4) is 11.5 Å². The number of carboxylic acids is 1. The molecule has 0 radical (unpaired) electrons. The molecule has 1 aliphatic heterocycles. The number of carbonyl (C=O) groups excluding carboxylic acids is 1. The quantitative estimate of drug-likeness (QED) is 0.845. The summed E-state index contributed by atoms with van der Waals surface area (Å²) in [5.41, 5.74) is 3.19. The number of carboxylic acid groups (broad SMARTS) is 1. The van der Waals surface area contributed by atoms with Crippen LogP contribution < -0.4 is 9.47 Å². The third-order valence-electron chi connectivity index (χ3n) is 4.69. The standard InChI is InChI=1S/C20H20O5/c1-11-16(12(2)20(22)23)10-14-8-9-25-19(14)17(11)18(21)13-4-6-15(24-3)7-5-13/h4-7,10,12H,8-9H2,1-3H3,(H,22,23). The molecule has 3 rings (SSSR count). The second-order valence-electron chi connectivity index (χ2n) is 6.17. The van der Waals surface area contributed by atoms with E-state index in [0.717, 1.165) is 5.56 Å². The van der Waals surface area contributed by atoms with E-state index in [4.69, 9.17) is 9.47 Å². The predicted octanol–water partition coefficient (Wildman–Crippen LogP) is 3.36. The van der Waals surface area contributed by atoms with Gasteiger partial charge in [0, 0.05) is 12.0 Å². The molecular weight excluding hydrogens is 320 g/mol. The van der Waals surface area contributed by atoms with Crippen molar-refractivity contribution in [3.05, 3.63) is 58.1 Å². The normalized spacial score (nSPS) is 13.7. The molecule has 0 saturated carbocycles. The Hall–Kier alpha value is -2.82. The van der Waals surface area contributed by atoms with Gasteiger partial charge in [-0.25, -0.2) is 0 Å². The van der Waals surface area contributed by atoms with Crippen LogP contribution in [-0.2, 0) is 11.2 Å². The van der Waals surface area contributed by atoms with Crippen molar-refractivity contribution in [2.75, 3.05) is 13.7 Å². The molecule has 0 amide bonds. The van der Waals surface area contributed by atoms with Crippen molar-refractivity contribution in [3.63, 3.8) is 0 Å². The Kier molecular flexibility index (Phi) is 4.49. The molecule has 0 fully saturated rings. The van der Waals surface area contributed by atoms with Gasteiger partial charge in [0.15, 0.2) is 5.78 Å². The summed E-state index contributed by atoms with van der Waals surface area (Å²) >= 11 is 0. The van der Waals surface area contributed by atoms with Gasteiger partial charge in [0.2, 0.25) is 0 Å². The van der Waals surface area contributed by atoms with Crippen molar-refractivity contribution < 1.29 is 24.2 Å².